The lowest BCUT2D eigenvalue weighted by Crippen LogP contribution is -2.34. The monoisotopic (exact) mass is 436 g/mol. The number of allylic oxidation sites excluding steroid dienone is 1. The summed E-state index contributed by atoms with van der Waals surface area (Å²) < 4.78 is 9.29. The zero-order chi connectivity index (χ0) is 22.9. The molecule has 0 bridgehead atoms. The van der Waals surface area contributed by atoms with Crippen molar-refractivity contribution in [1.82, 2.24) is 9.78 Å². The Morgan fingerprint density at radius 1 is 1.00 bits per heavy atom. The summed E-state index contributed by atoms with van der Waals surface area (Å²) in [4.78, 5) is 4.97. The Kier molecular flexibility index (Phi) is 5.26. The molecule has 1 aliphatic rings. The minimum atomic E-state index is 0.552. The Morgan fingerprint density at radius 2 is 1.76 bits per heavy atom. The summed E-state index contributed by atoms with van der Waals surface area (Å²) in [7, 11) is 1.67. The number of anilines is 1. The van der Waals surface area contributed by atoms with E-state index in [2.05, 4.69) is 72.2 Å². The van der Waals surface area contributed by atoms with Gasteiger partial charge in [0, 0.05) is 17.7 Å². The molecule has 1 aliphatic heterocycles. The third-order valence-corrected chi connectivity index (χ3v) is 5.96. The molecule has 6 heteroatoms. The highest BCUT2D eigenvalue weighted by Gasteiger charge is 2.34. The molecule has 0 unspecified atom stereocenters. The zero-order valence-electron chi connectivity index (χ0n) is 19.0. The van der Waals surface area contributed by atoms with E-state index in [1.165, 1.54) is 5.56 Å². The van der Waals surface area contributed by atoms with E-state index in [1.54, 1.807) is 18.0 Å². The predicted octanol–water partition coefficient (Wildman–Crippen LogP) is 4.53. The highest BCUT2D eigenvalue weighted by molar-refractivity contribution is 6.17. The number of aryl methyl sites for hydroxylation is 1. The summed E-state index contributed by atoms with van der Waals surface area (Å²) in [5.74, 6) is 1.38. The van der Waals surface area contributed by atoms with Crippen LogP contribution >= 0.6 is 0 Å². The van der Waals surface area contributed by atoms with Crippen LogP contribution in [0, 0.1) is 6.92 Å². The number of hydrogen-bond donors (Lipinski definition) is 1. The molecule has 0 radical (unpaired) electrons. The fourth-order valence-corrected chi connectivity index (χ4v) is 4.15. The Labute approximate surface area is 193 Å². The van der Waals surface area contributed by atoms with Crippen LogP contribution in [0.4, 0.5) is 11.5 Å². The molecule has 6 nitrogen and oxygen atoms in total. The Morgan fingerprint density at radius 3 is 2.48 bits per heavy atom. The molecule has 164 valence electrons. The van der Waals surface area contributed by atoms with Crippen LogP contribution in [0.1, 0.15) is 29.3 Å². The van der Waals surface area contributed by atoms with Crippen molar-refractivity contribution in [1.29, 1.82) is 0 Å². The van der Waals surface area contributed by atoms with Gasteiger partial charge in [-0.15, -0.1) is 0 Å². The number of pyridine rings is 1. The number of benzene rings is 2. The molecule has 0 spiro atoms. The summed E-state index contributed by atoms with van der Waals surface area (Å²) in [5, 5.41) is 4.50. The van der Waals surface area contributed by atoms with Crippen LogP contribution in [-0.4, -0.2) is 22.6 Å². The summed E-state index contributed by atoms with van der Waals surface area (Å²) in [6.45, 7) is 4.78. The number of nitrogens with zero attached hydrogens (tertiary/aromatic N) is 4. The number of aliphatic imine (C=N–C) groups is 1. The number of nitrogens with two attached hydrogens (primary N) is 1. The van der Waals surface area contributed by atoms with Gasteiger partial charge in [-0.3, -0.25) is 0 Å². The first-order valence-electron chi connectivity index (χ1n) is 10.9. The van der Waals surface area contributed by atoms with E-state index in [0.29, 0.717) is 18.1 Å². The standard InChI is InChI=1S/C27H25N5O/c1-18-7-9-20(10-8-18)17-32-27(28)23(16-29-32)30-25-19(2)26(31-15-5-4-6-24(25)31)21-11-13-22(33-3)14-12-21/h4-16,28H,17H2,1-3H3/p+1. The van der Waals surface area contributed by atoms with Crippen LogP contribution in [0.15, 0.2) is 89.7 Å². The molecule has 0 saturated heterocycles. The van der Waals surface area contributed by atoms with Crippen molar-refractivity contribution < 1.29 is 9.30 Å². The maximum Gasteiger partial charge on any atom is 0.237 e. The first-order chi connectivity index (χ1) is 16.0. The number of methoxy groups -OCH3 is 1. The van der Waals surface area contributed by atoms with Gasteiger partial charge in [0.25, 0.3) is 0 Å². The third kappa shape index (κ3) is 3.80. The average molecular weight is 437 g/mol. The Balaban J connectivity index is 1.54. The van der Waals surface area contributed by atoms with Crippen LogP contribution in [0.3, 0.4) is 0 Å². The van der Waals surface area contributed by atoms with Gasteiger partial charge in [0.05, 0.1) is 25.4 Å². The second kappa shape index (κ2) is 8.39. The van der Waals surface area contributed by atoms with Crippen LogP contribution in [0.2, 0.25) is 0 Å². The number of rotatable bonds is 5. The van der Waals surface area contributed by atoms with Gasteiger partial charge < -0.3 is 10.5 Å². The van der Waals surface area contributed by atoms with Crippen molar-refractivity contribution in [2.45, 2.75) is 20.4 Å². The van der Waals surface area contributed by atoms with Gasteiger partial charge in [-0.05, 0) is 49.7 Å². The van der Waals surface area contributed by atoms with Crippen LogP contribution in [0.25, 0.3) is 5.70 Å². The van der Waals surface area contributed by atoms with Gasteiger partial charge in [0.15, 0.2) is 6.20 Å². The van der Waals surface area contributed by atoms with E-state index in [1.807, 2.05) is 24.3 Å². The van der Waals surface area contributed by atoms with Crippen molar-refractivity contribution in [3.63, 3.8) is 0 Å². The highest BCUT2D eigenvalue weighted by atomic mass is 16.5. The second-order valence-corrected chi connectivity index (χ2v) is 8.18. The fourth-order valence-electron chi connectivity index (χ4n) is 4.15. The number of ether oxygens (including phenoxy) is 1. The van der Waals surface area contributed by atoms with Gasteiger partial charge in [0.2, 0.25) is 11.4 Å². The van der Waals surface area contributed by atoms with Gasteiger partial charge in [-0.25, -0.2) is 9.67 Å². The lowest BCUT2D eigenvalue weighted by molar-refractivity contribution is -0.577. The van der Waals surface area contributed by atoms with Crippen LogP contribution in [0.5, 0.6) is 5.75 Å². The molecule has 0 fully saturated rings. The molecule has 33 heavy (non-hydrogen) atoms. The molecule has 0 saturated carbocycles. The van der Waals surface area contributed by atoms with Gasteiger partial charge in [-0.1, -0.05) is 29.8 Å². The van der Waals surface area contributed by atoms with Crippen LogP contribution < -0.4 is 15.0 Å². The first kappa shape index (κ1) is 20.7. The highest BCUT2D eigenvalue weighted by Crippen LogP contribution is 2.30. The molecule has 0 amide bonds. The maximum atomic E-state index is 6.46. The second-order valence-electron chi connectivity index (χ2n) is 8.18. The van der Waals surface area contributed by atoms with Crippen molar-refractivity contribution in [2.24, 2.45) is 4.99 Å². The molecule has 0 aliphatic carbocycles. The van der Waals surface area contributed by atoms with E-state index in [4.69, 9.17) is 15.5 Å². The molecular weight excluding hydrogens is 410 g/mol. The van der Waals surface area contributed by atoms with Crippen molar-refractivity contribution in [2.75, 3.05) is 12.8 Å². The molecule has 2 N–H and O–H groups in total. The molecule has 5 rings (SSSR count). The smallest absolute Gasteiger partial charge is 0.237 e. The lowest BCUT2D eigenvalue weighted by Gasteiger charge is -2.05. The molecule has 4 aromatic rings. The van der Waals surface area contributed by atoms with Crippen molar-refractivity contribution in [3.8, 4) is 5.75 Å². The van der Waals surface area contributed by atoms with Crippen LogP contribution in [-0.2, 0) is 6.54 Å². The Hall–Kier alpha value is -4.19. The number of nitrogen functional groups attached to an aromatic ring is 1. The third-order valence-electron chi connectivity index (χ3n) is 5.96. The number of fused-ring (bicyclic) bond motifs is 1. The molecule has 0 atom stereocenters. The van der Waals surface area contributed by atoms with Gasteiger partial charge in [-0.2, -0.15) is 9.67 Å². The van der Waals surface area contributed by atoms with Crippen molar-refractivity contribution in [3.05, 3.63) is 107 Å². The lowest BCUT2D eigenvalue weighted by atomic mass is 10.1. The SMILES string of the molecule is COc1ccc(C2=C(C)/C(=N\c3cnn(Cc4ccc(C)cc4)c3N)c3cccc[n+]32)cc1. The first-order valence-corrected chi connectivity index (χ1v) is 10.9. The quantitative estimate of drug-likeness (QED) is 0.467. The molecular formula is C27H26N5O+. The maximum absolute atomic E-state index is 6.46. The fraction of sp³-hybridized carbons (Fsp3) is 0.148. The van der Waals surface area contributed by atoms with E-state index in [9.17, 15) is 0 Å². The van der Waals surface area contributed by atoms with E-state index in [-0.39, 0.29) is 0 Å². The average Bonchev–Trinajstić information content (AvgIpc) is 3.32. The zero-order valence-corrected chi connectivity index (χ0v) is 19.0. The minimum absolute atomic E-state index is 0.552. The summed E-state index contributed by atoms with van der Waals surface area (Å²) in [5.41, 5.74) is 14.7. The predicted molar refractivity (Wildman–Crippen MR) is 131 cm³/mol. The molecule has 2 aromatic heterocycles. The largest absolute Gasteiger partial charge is 0.497 e. The molecule has 2 aromatic carbocycles. The summed E-state index contributed by atoms with van der Waals surface area (Å²) in [6, 6.07) is 22.6. The minimum Gasteiger partial charge on any atom is -0.497 e. The van der Waals surface area contributed by atoms with E-state index < -0.39 is 0 Å². The normalized spacial score (nSPS) is 14.1. The van der Waals surface area contributed by atoms with Gasteiger partial charge in [0.1, 0.15) is 23.0 Å². The molecule has 3 heterocycles. The van der Waals surface area contributed by atoms with E-state index in [0.717, 1.165) is 39.6 Å². The topological polar surface area (TPSA) is 69.3 Å². The summed E-state index contributed by atoms with van der Waals surface area (Å²) in [6.07, 6.45) is 3.80. The Bertz CT molecular complexity index is 1380. The number of aromatic nitrogens is 3. The van der Waals surface area contributed by atoms with Gasteiger partial charge >= 0.3 is 0 Å². The van der Waals surface area contributed by atoms with Crippen molar-refractivity contribution >= 4 is 22.9 Å². The summed E-state index contributed by atoms with van der Waals surface area (Å²) >= 11 is 0. The van der Waals surface area contributed by atoms with E-state index >= 15 is 0 Å². The number of hydrogen-bond acceptors (Lipinski definition) is 4.